The van der Waals surface area contributed by atoms with Crippen LogP contribution >= 0.6 is 0 Å². The van der Waals surface area contributed by atoms with Gasteiger partial charge < -0.3 is 0 Å². The molecule has 0 aliphatic rings. The second kappa shape index (κ2) is 12.9. The van der Waals surface area contributed by atoms with Gasteiger partial charge >= 0.3 is 141 Å². The molecule has 0 spiro atoms. The van der Waals surface area contributed by atoms with E-state index in [0.717, 1.165) is 0 Å². The first-order valence-electron chi connectivity index (χ1n) is 1.85. The predicted octanol–water partition coefficient (Wildman–Crippen LogP) is -8.62. The number of hydrogen-bond acceptors (Lipinski definition) is 12. The van der Waals surface area contributed by atoms with E-state index >= 15 is 0 Å². The molecule has 0 aliphatic carbocycles. The number of rotatable bonds is 0. The van der Waals surface area contributed by atoms with Gasteiger partial charge in [-0.15, -0.1) is 0 Å². The van der Waals surface area contributed by atoms with Crippen molar-refractivity contribution in [1.82, 2.24) is 0 Å². The summed E-state index contributed by atoms with van der Waals surface area (Å²) in [7, 11) is 0. The maximum atomic E-state index is 8.58. The third-order valence-corrected chi connectivity index (χ3v) is 0. The molecule has 0 atom stereocenters. The topological polar surface area (TPSA) is 241 Å². The van der Waals surface area contributed by atoms with Crippen LogP contribution in [0.25, 0.3) is 0 Å². The fourth-order valence-electron chi connectivity index (χ4n) is 0. The molecule has 0 bridgehead atoms. The van der Waals surface area contributed by atoms with Gasteiger partial charge in [0.05, 0.1) is 0 Å². The number of hydrogen-bond donors (Lipinski definition) is 0. The van der Waals surface area contributed by atoms with E-state index in [-0.39, 0.29) is 52.4 Å². The fourth-order valence-corrected chi connectivity index (χ4v) is 0. The predicted molar refractivity (Wildman–Crippen MR) is 15.6 cm³/mol. The molecule has 0 fully saturated rings. The Balaban J connectivity index is -0.0000000400. The van der Waals surface area contributed by atoms with Crippen molar-refractivity contribution in [3.05, 3.63) is 0 Å². The van der Waals surface area contributed by atoms with E-state index in [2.05, 4.69) is 0 Å². The van der Waals surface area contributed by atoms with Crippen molar-refractivity contribution in [2.75, 3.05) is 0 Å². The zero-order valence-corrected chi connectivity index (χ0v) is 17.4. The van der Waals surface area contributed by atoms with E-state index in [0.29, 0.717) is 0 Å². The van der Waals surface area contributed by atoms with E-state index < -0.39 is 40.1 Å². The molecule has 0 unspecified atom stereocenters. The van der Waals surface area contributed by atoms with Crippen molar-refractivity contribution >= 4 is 52.4 Å². The quantitative estimate of drug-likeness (QED) is 0.209. The molecule has 0 aromatic rings. The van der Waals surface area contributed by atoms with Crippen molar-refractivity contribution in [1.29, 1.82) is 0 Å². The Hall–Kier alpha value is 1.88. The van der Waals surface area contributed by atoms with E-state index in [9.17, 15) is 0 Å². The molecule has 0 saturated heterocycles. The van der Waals surface area contributed by atoms with E-state index in [1.807, 2.05) is 0 Å². The Kier molecular flexibility index (Phi) is 23.8. The Labute approximate surface area is 139 Å². The molecule has 0 N–H and O–H groups in total. The van der Waals surface area contributed by atoms with Crippen molar-refractivity contribution in [2.45, 2.75) is 0 Å². The Morgan fingerprint density at radius 3 is 0.412 bits per heavy atom. The molecule has 17 heteroatoms. The van der Waals surface area contributed by atoms with Gasteiger partial charge in [0.25, 0.3) is 0 Å². The van der Waals surface area contributed by atoms with Crippen LogP contribution in [0.1, 0.15) is 0 Å². The summed E-state index contributed by atoms with van der Waals surface area (Å²) in [6.45, 7) is 0. The Morgan fingerprint density at radius 1 is 0.412 bits per heavy atom. The Morgan fingerprint density at radius 2 is 0.412 bits per heavy atom. The summed E-state index contributed by atoms with van der Waals surface area (Å²) < 4.78 is 103. The van der Waals surface area contributed by atoms with Crippen LogP contribution in [0, 0.1) is 0 Å². The second-order valence-electron chi connectivity index (χ2n) is 1.13. The van der Waals surface area contributed by atoms with Gasteiger partial charge in [0.2, 0.25) is 0 Å². The van der Waals surface area contributed by atoms with Gasteiger partial charge in [0.15, 0.2) is 0 Å². The van der Waals surface area contributed by atoms with Gasteiger partial charge in [-0.2, -0.15) is 0 Å². The molecule has 4 radical (unpaired) electrons. The van der Waals surface area contributed by atoms with Crippen LogP contribution in [0.5, 0.6) is 0 Å². The van der Waals surface area contributed by atoms with Crippen LogP contribution in [-0.2, 0) is 63.1 Å². The standard InChI is InChI=1S/2Bi.3Mn.12O/q2*+3;;;;;;;;;;6*-1. The first-order valence-corrected chi connectivity index (χ1v) is 7.63. The van der Waals surface area contributed by atoms with Crippen LogP contribution in [0.15, 0.2) is 0 Å². The normalized spacial score (nSPS) is 10.2. The molecule has 0 rings (SSSR count). The zero-order valence-electron chi connectivity index (χ0n) is 6.93. The molecule has 0 aromatic heterocycles. The van der Waals surface area contributed by atoms with Crippen LogP contribution < -0.4 is 25.1 Å². The van der Waals surface area contributed by atoms with Crippen LogP contribution in [-0.4, -0.2) is 52.4 Å². The zero-order chi connectivity index (χ0) is 13.5. The monoisotopic (exact) mass is 775 g/mol. The Bertz CT molecular complexity index is 341. The fraction of sp³-hybridized carbons (Fsp3) is 0. The second-order valence-corrected chi connectivity index (χ2v) is 4.68. The molecule has 0 aliphatic heterocycles. The third-order valence-electron chi connectivity index (χ3n) is 0. The van der Waals surface area contributed by atoms with Gasteiger partial charge in [-0.25, -0.2) is 0 Å². The van der Waals surface area contributed by atoms with E-state index in [4.69, 9.17) is 48.1 Å². The summed E-state index contributed by atoms with van der Waals surface area (Å²) >= 11 is -16.9. The SMILES string of the molecule is [Bi+3].[Bi+3].[O]=[Mn](=[O])([O-])[O-].[O]=[Mn](=[O])([O-])[O-].[O]=[Mn](=[O])([O-])[O-]. The summed E-state index contributed by atoms with van der Waals surface area (Å²) in [6, 6.07) is 0. The van der Waals surface area contributed by atoms with E-state index in [1.54, 1.807) is 0 Å². The van der Waals surface area contributed by atoms with Crippen LogP contribution in [0.3, 0.4) is 0 Å². The van der Waals surface area contributed by atoms with Gasteiger partial charge in [-0.1, -0.05) is 0 Å². The van der Waals surface area contributed by atoms with Gasteiger partial charge in [0.1, 0.15) is 0 Å². The third kappa shape index (κ3) is 1270. The molecule has 0 aromatic carbocycles. The van der Waals surface area contributed by atoms with Crippen molar-refractivity contribution < 1.29 is 88.2 Å². The van der Waals surface area contributed by atoms with Crippen molar-refractivity contribution in [3.63, 3.8) is 0 Å². The molecule has 17 heavy (non-hydrogen) atoms. The first kappa shape index (κ1) is 31.3. The molecular weight excluding hydrogens is 775 g/mol. The minimum atomic E-state index is -5.62. The summed E-state index contributed by atoms with van der Waals surface area (Å²) in [5, 5.41) is 0. The van der Waals surface area contributed by atoms with Crippen molar-refractivity contribution in [3.8, 4) is 0 Å². The molecule has 103 valence electrons. The van der Waals surface area contributed by atoms with Crippen LogP contribution in [0.4, 0.5) is 0 Å². The minimum absolute atomic E-state index is 0. The van der Waals surface area contributed by atoms with Gasteiger partial charge in [-0.05, 0) is 0 Å². The van der Waals surface area contributed by atoms with Crippen LogP contribution in [0.2, 0.25) is 0 Å². The molecule has 0 amide bonds. The maximum absolute atomic E-state index is 8.58. The summed E-state index contributed by atoms with van der Waals surface area (Å²) in [4.78, 5) is 0. The van der Waals surface area contributed by atoms with Gasteiger partial charge in [-0.3, -0.25) is 0 Å². The van der Waals surface area contributed by atoms with Gasteiger partial charge in [0, 0.05) is 0 Å². The summed E-state index contributed by atoms with van der Waals surface area (Å²) in [6.07, 6.45) is 0. The average Bonchev–Trinajstić information content (AvgIpc) is 1.41. The van der Waals surface area contributed by atoms with Crippen molar-refractivity contribution in [2.24, 2.45) is 0 Å². The first-order chi connectivity index (χ1) is 6.00. The molecular formula is Bi2Mn3O12. The molecule has 0 heterocycles. The average molecular weight is 775 g/mol. The molecule has 12 nitrogen and oxygen atoms in total. The van der Waals surface area contributed by atoms with E-state index in [1.165, 1.54) is 0 Å². The summed E-state index contributed by atoms with van der Waals surface area (Å²) in [5.41, 5.74) is 0. The molecule has 0 saturated carbocycles. The summed E-state index contributed by atoms with van der Waals surface area (Å²) in [5.74, 6) is 0.